The van der Waals surface area contributed by atoms with E-state index in [9.17, 15) is 4.79 Å². The van der Waals surface area contributed by atoms with Gasteiger partial charge in [-0.3, -0.25) is 4.79 Å². The largest absolute Gasteiger partial charge is 0.348 e. The highest BCUT2D eigenvalue weighted by atomic mass is 16.1. The predicted octanol–water partition coefficient (Wildman–Crippen LogP) is 3.38. The van der Waals surface area contributed by atoms with Gasteiger partial charge in [0.15, 0.2) is 0 Å². The first-order valence-electron chi connectivity index (χ1n) is 7.93. The molecule has 3 aromatic rings. The molecule has 0 bridgehead atoms. The topological polar surface area (TPSA) is 46.9 Å². The number of nitrogens with one attached hydrogen (secondary N) is 1. The average Bonchev–Trinajstić information content (AvgIpc) is 2.91. The molecular formula is C19H21N3O. The lowest BCUT2D eigenvalue weighted by Gasteiger charge is -2.15. The molecule has 1 unspecified atom stereocenters. The predicted molar refractivity (Wildman–Crippen MR) is 92.0 cm³/mol. The van der Waals surface area contributed by atoms with Crippen LogP contribution in [0.5, 0.6) is 0 Å². The summed E-state index contributed by atoms with van der Waals surface area (Å²) in [5, 5.41) is 3.03. The number of para-hydroxylation sites is 2. The van der Waals surface area contributed by atoms with Crippen molar-refractivity contribution in [1.82, 2.24) is 14.9 Å². The molecule has 1 atom stereocenters. The lowest BCUT2D eigenvalue weighted by atomic mass is 9.96. The number of imidazole rings is 1. The lowest BCUT2D eigenvalue weighted by molar-refractivity contribution is -0.122. The fraction of sp³-hybridized carbons (Fsp3) is 0.263. The summed E-state index contributed by atoms with van der Waals surface area (Å²) in [7, 11) is 1.98. The molecule has 1 aromatic heterocycles. The van der Waals surface area contributed by atoms with Crippen LogP contribution in [-0.2, 0) is 18.4 Å². The molecule has 4 nitrogen and oxygen atoms in total. The fourth-order valence-corrected chi connectivity index (χ4v) is 2.90. The van der Waals surface area contributed by atoms with Crippen LogP contribution in [0.3, 0.4) is 0 Å². The smallest absolute Gasteiger partial charge is 0.227 e. The maximum Gasteiger partial charge on any atom is 0.227 e. The Hall–Kier alpha value is -2.62. The number of carbonyl (C=O) groups is 1. The van der Waals surface area contributed by atoms with Gasteiger partial charge in [0.2, 0.25) is 5.91 Å². The van der Waals surface area contributed by atoms with E-state index in [1.165, 1.54) is 0 Å². The van der Waals surface area contributed by atoms with E-state index in [-0.39, 0.29) is 11.8 Å². The van der Waals surface area contributed by atoms with Gasteiger partial charge in [0.1, 0.15) is 5.82 Å². The van der Waals surface area contributed by atoms with Crippen LogP contribution in [0.4, 0.5) is 0 Å². The summed E-state index contributed by atoms with van der Waals surface area (Å²) in [6, 6.07) is 17.9. The Morgan fingerprint density at radius 2 is 1.83 bits per heavy atom. The first-order valence-corrected chi connectivity index (χ1v) is 7.93. The highest BCUT2D eigenvalue weighted by Gasteiger charge is 2.18. The Balaban J connectivity index is 1.73. The van der Waals surface area contributed by atoms with Crippen LogP contribution < -0.4 is 5.32 Å². The standard InChI is InChI=1S/C19H21N3O/c1-3-15(14-9-5-4-6-10-14)19(23)20-13-18-21-16-11-7-8-12-17(16)22(18)2/h4-12,15H,3,13H2,1-2H3,(H,20,23). The molecule has 0 saturated heterocycles. The van der Waals surface area contributed by atoms with Crippen molar-refractivity contribution in [2.45, 2.75) is 25.8 Å². The second-order valence-corrected chi connectivity index (χ2v) is 5.67. The summed E-state index contributed by atoms with van der Waals surface area (Å²) < 4.78 is 2.03. The first kappa shape index (κ1) is 15.3. The average molecular weight is 307 g/mol. The maximum atomic E-state index is 12.5. The number of aryl methyl sites for hydroxylation is 1. The minimum Gasteiger partial charge on any atom is -0.348 e. The number of rotatable bonds is 5. The Bertz CT molecular complexity index is 808. The number of fused-ring (bicyclic) bond motifs is 1. The zero-order valence-corrected chi connectivity index (χ0v) is 13.5. The van der Waals surface area contributed by atoms with Gasteiger partial charge in [-0.2, -0.15) is 0 Å². The summed E-state index contributed by atoms with van der Waals surface area (Å²) in [5.74, 6) is 0.791. The number of amides is 1. The molecule has 3 rings (SSSR count). The maximum absolute atomic E-state index is 12.5. The quantitative estimate of drug-likeness (QED) is 0.785. The molecular weight excluding hydrogens is 286 g/mol. The highest BCUT2D eigenvalue weighted by molar-refractivity contribution is 5.83. The molecule has 0 aliphatic rings. The minimum atomic E-state index is -0.120. The van der Waals surface area contributed by atoms with Gasteiger partial charge in [-0.15, -0.1) is 0 Å². The second-order valence-electron chi connectivity index (χ2n) is 5.67. The fourth-order valence-electron chi connectivity index (χ4n) is 2.90. The zero-order chi connectivity index (χ0) is 16.2. The molecule has 23 heavy (non-hydrogen) atoms. The van der Waals surface area contributed by atoms with Gasteiger partial charge in [-0.05, 0) is 24.1 Å². The summed E-state index contributed by atoms with van der Waals surface area (Å²) in [4.78, 5) is 17.1. The van der Waals surface area contributed by atoms with Crippen molar-refractivity contribution in [2.75, 3.05) is 0 Å². The van der Waals surface area contributed by atoms with E-state index < -0.39 is 0 Å². The third-order valence-electron chi connectivity index (χ3n) is 4.23. The number of hydrogen-bond donors (Lipinski definition) is 1. The van der Waals surface area contributed by atoms with E-state index in [1.54, 1.807) is 0 Å². The number of aromatic nitrogens is 2. The summed E-state index contributed by atoms with van der Waals surface area (Å²) in [6.45, 7) is 2.47. The molecule has 1 amide bonds. The van der Waals surface area contributed by atoms with Gasteiger partial charge in [-0.25, -0.2) is 4.98 Å². The van der Waals surface area contributed by atoms with Crippen LogP contribution in [0.1, 0.15) is 30.7 Å². The van der Waals surface area contributed by atoms with Crippen LogP contribution in [0, 0.1) is 0 Å². The molecule has 0 fully saturated rings. The van der Waals surface area contributed by atoms with Crippen molar-refractivity contribution in [3.63, 3.8) is 0 Å². The number of nitrogens with zero attached hydrogens (tertiary/aromatic N) is 2. The Morgan fingerprint density at radius 3 is 2.52 bits per heavy atom. The molecule has 0 spiro atoms. The molecule has 0 aliphatic heterocycles. The molecule has 118 valence electrons. The van der Waals surface area contributed by atoms with Gasteiger partial charge >= 0.3 is 0 Å². The van der Waals surface area contributed by atoms with Crippen LogP contribution in [0.25, 0.3) is 11.0 Å². The van der Waals surface area contributed by atoms with Gasteiger partial charge in [0.05, 0.1) is 23.5 Å². The third kappa shape index (κ3) is 3.11. The Morgan fingerprint density at radius 1 is 1.13 bits per heavy atom. The molecule has 0 saturated carbocycles. The van der Waals surface area contributed by atoms with E-state index in [1.807, 2.05) is 73.1 Å². The van der Waals surface area contributed by atoms with Gasteiger partial charge in [-0.1, -0.05) is 49.4 Å². The minimum absolute atomic E-state index is 0.0470. The molecule has 1 heterocycles. The van der Waals surface area contributed by atoms with Crippen LogP contribution >= 0.6 is 0 Å². The van der Waals surface area contributed by atoms with Gasteiger partial charge in [0, 0.05) is 7.05 Å². The number of benzene rings is 2. The van der Waals surface area contributed by atoms with Crippen molar-refractivity contribution in [3.05, 3.63) is 66.0 Å². The van der Waals surface area contributed by atoms with E-state index in [0.29, 0.717) is 6.54 Å². The van der Waals surface area contributed by atoms with Crippen LogP contribution in [0.2, 0.25) is 0 Å². The normalized spacial score (nSPS) is 12.3. The Labute approximate surface area is 136 Å². The monoisotopic (exact) mass is 307 g/mol. The summed E-state index contributed by atoms with van der Waals surface area (Å²) >= 11 is 0. The number of carbonyl (C=O) groups excluding carboxylic acids is 1. The van der Waals surface area contributed by atoms with Crippen molar-refractivity contribution < 1.29 is 4.79 Å². The van der Waals surface area contributed by atoms with Crippen molar-refractivity contribution in [1.29, 1.82) is 0 Å². The van der Waals surface area contributed by atoms with Crippen LogP contribution in [-0.4, -0.2) is 15.5 Å². The number of hydrogen-bond acceptors (Lipinski definition) is 2. The zero-order valence-electron chi connectivity index (χ0n) is 13.5. The molecule has 1 N–H and O–H groups in total. The molecule has 0 radical (unpaired) electrons. The second kappa shape index (κ2) is 6.65. The first-order chi connectivity index (χ1) is 11.2. The van der Waals surface area contributed by atoms with E-state index in [0.717, 1.165) is 28.8 Å². The summed E-state index contributed by atoms with van der Waals surface area (Å²) in [6.07, 6.45) is 0.776. The molecule has 4 heteroatoms. The van der Waals surface area contributed by atoms with E-state index >= 15 is 0 Å². The van der Waals surface area contributed by atoms with E-state index in [2.05, 4.69) is 10.3 Å². The van der Waals surface area contributed by atoms with Crippen LogP contribution in [0.15, 0.2) is 54.6 Å². The van der Waals surface area contributed by atoms with E-state index in [4.69, 9.17) is 0 Å². The Kier molecular flexibility index (Phi) is 4.42. The summed E-state index contributed by atoms with van der Waals surface area (Å²) in [5.41, 5.74) is 3.08. The highest BCUT2D eigenvalue weighted by Crippen LogP contribution is 2.20. The molecule has 0 aliphatic carbocycles. The lowest BCUT2D eigenvalue weighted by Crippen LogP contribution is -2.29. The molecule has 2 aromatic carbocycles. The SMILES string of the molecule is CCC(C(=O)NCc1nc2ccccc2n1C)c1ccccc1. The van der Waals surface area contributed by atoms with Crippen molar-refractivity contribution in [2.24, 2.45) is 7.05 Å². The van der Waals surface area contributed by atoms with Crippen molar-refractivity contribution >= 4 is 16.9 Å². The van der Waals surface area contributed by atoms with Gasteiger partial charge in [0.25, 0.3) is 0 Å². The van der Waals surface area contributed by atoms with Gasteiger partial charge < -0.3 is 9.88 Å². The third-order valence-corrected chi connectivity index (χ3v) is 4.23. The van der Waals surface area contributed by atoms with Crippen molar-refractivity contribution in [3.8, 4) is 0 Å².